The van der Waals surface area contributed by atoms with Crippen molar-refractivity contribution in [1.82, 2.24) is 10.2 Å². The fraction of sp³-hybridized carbons (Fsp3) is 0.941. The van der Waals surface area contributed by atoms with Crippen LogP contribution >= 0.6 is 0 Å². The van der Waals surface area contributed by atoms with Crippen molar-refractivity contribution in [1.29, 1.82) is 0 Å². The average molecular weight is 296 g/mol. The molecule has 0 saturated carbocycles. The van der Waals surface area contributed by atoms with Gasteiger partial charge in [0.1, 0.15) is 0 Å². The van der Waals surface area contributed by atoms with Gasteiger partial charge in [-0.1, -0.05) is 26.7 Å². The Bertz CT molecular complexity index is 332. The molecule has 2 bridgehead atoms. The highest BCUT2D eigenvalue weighted by Gasteiger charge is 2.40. The molecule has 2 saturated heterocycles. The molecule has 4 heteroatoms. The van der Waals surface area contributed by atoms with Crippen molar-refractivity contribution in [2.45, 2.75) is 89.9 Å². The number of nitrogens with one attached hydrogen (secondary N) is 1. The lowest BCUT2D eigenvalue weighted by atomic mass is 10.00. The van der Waals surface area contributed by atoms with Crippen LogP contribution in [0.3, 0.4) is 0 Å². The van der Waals surface area contributed by atoms with Crippen LogP contribution in [-0.2, 0) is 4.79 Å². The van der Waals surface area contributed by atoms with E-state index in [1.807, 2.05) is 0 Å². The van der Waals surface area contributed by atoms with Gasteiger partial charge in [-0.3, -0.25) is 9.69 Å². The van der Waals surface area contributed by atoms with Gasteiger partial charge in [0, 0.05) is 18.1 Å². The average Bonchev–Trinajstić information content (AvgIpc) is 2.61. The number of nitrogens with zero attached hydrogens (tertiary/aromatic N) is 1. The predicted molar refractivity (Wildman–Crippen MR) is 85.1 cm³/mol. The zero-order valence-electron chi connectivity index (χ0n) is 13.8. The summed E-state index contributed by atoms with van der Waals surface area (Å²) in [5.74, 6) is 0.892. The number of fused-ring (bicyclic) bond motifs is 2. The van der Waals surface area contributed by atoms with Crippen molar-refractivity contribution in [3.05, 3.63) is 0 Å². The quantitative estimate of drug-likeness (QED) is 0.758. The number of aliphatic hydroxyl groups excluding tert-OH is 1. The fourth-order valence-corrected chi connectivity index (χ4v) is 3.89. The number of piperidine rings is 1. The van der Waals surface area contributed by atoms with Crippen LogP contribution in [0, 0.1) is 5.92 Å². The molecule has 3 unspecified atom stereocenters. The Morgan fingerprint density at radius 3 is 2.38 bits per heavy atom. The molecule has 2 aliphatic rings. The van der Waals surface area contributed by atoms with Crippen molar-refractivity contribution < 1.29 is 9.90 Å². The second-order valence-electron chi connectivity index (χ2n) is 7.48. The highest BCUT2D eigenvalue weighted by molar-refractivity contribution is 5.78. The minimum absolute atomic E-state index is 0.153. The minimum Gasteiger partial charge on any atom is -0.393 e. The van der Waals surface area contributed by atoms with Gasteiger partial charge in [0.2, 0.25) is 5.91 Å². The first kappa shape index (κ1) is 16.8. The zero-order valence-corrected chi connectivity index (χ0v) is 13.8. The Hall–Kier alpha value is -0.610. The first-order valence-corrected chi connectivity index (χ1v) is 8.69. The maximum atomic E-state index is 12.2. The molecule has 2 aliphatic heterocycles. The molecule has 0 spiro atoms. The summed E-state index contributed by atoms with van der Waals surface area (Å²) in [6, 6.07) is 1.10. The second-order valence-corrected chi connectivity index (χ2v) is 7.48. The fourth-order valence-electron chi connectivity index (χ4n) is 3.89. The molecule has 0 aromatic carbocycles. The van der Waals surface area contributed by atoms with E-state index in [2.05, 4.69) is 31.0 Å². The van der Waals surface area contributed by atoms with Crippen LogP contribution in [0.4, 0.5) is 0 Å². The van der Waals surface area contributed by atoms with Gasteiger partial charge in [0.15, 0.2) is 0 Å². The van der Waals surface area contributed by atoms with Crippen molar-refractivity contribution in [3.8, 4) is 0 Å². The largest absolute Gasteiger partial charge is 0.393 e. The Balaban J connectivity index is 1.70. The standard InChI is InChI=1S/C17H32N2O2/c1-12(2)5-4-6-13(3)18-17(21)11-19-14-7-8-15(19)10-16(20)9-14/h12-16,20H,4-11H2,1-3H3,(H,18,21). The number of rotatable bonds is 7. The van der Waals surface area contributed by atoms with E-state index in [1.165, 1.54) is 12.8 Å². The normalized spacial score (nSPS) is 30.6. The molecular weight excluding hydrogens is 264 g/mol. The molecule has 0 aliphatic carbocycles. The summed E-state index contributed by atoms with van der Waals surface area (Å²) in [6.45, 7) is 7.09. The lowest BCUT2D eigenvalue weighted by molar-refractivity contribution is -0.124. The van der Waals surface area contributed by atoms with Gasteiger partial charge in [0.05, 0.1) is 12.6 Å². The van der Waals surface area contributed by atoms with Crippen LogP contribution < -0.4 is 5.32 Å². The molecular formula is C17H32N2O2. The molecule has 4 nitrogen and oxygen atoms in total. The van der Waals surface area contributed by atoms with Gasteiger partial charge in [-0.25, -0.2) is 0 Å². The number of hydrogen-bond donors (Lipinski definition) is 2. The van der Waals surface area contributed by atoms with Gasteiger partial charge in [-0.05, 0) is 44.9 Å². The van der Waals surface area contributed by atoms with E-state index < -0.39 is 0 Å². The van der Waals surface area contributed by atoms with E-state index in [4.69, 9.17) is 0 Å². The van der Waals surface area contributed by atoms with E-state index in [0.717, 1.165) is 38.0 Å². The number of aliphatic hydroxyl groups is 1. The van der Waals surface area contributed by atoms with Crippen molar-refractivity contribution >= 4 is 5.91 Å². The molecule has 0 aromatic rings. The molecule has 3 atom stereocenters. The SMILES string of the molecule is CC(C)CCCC(C)NC(=O)CN1C2CCC1CC(O)C2. The smallest absolute Gasteiger partial charge is 0.234 e. The molecule has 2 fully saturated rings. The molecule has 21 heavy (non-hydrogen) atoms. The lowest BCUT2D eigenvalue weighted by Gasteiger charge is -2.36. The Kier molecular flexibility index (Phi) is 6.06. The molecule has 122 valence electrons. The first-order valence-electron chi connectivity index (χ1n) is 8.69. The molecule has 0 radical (unpaired) electrons. The number of amides is 1. The maximum absolute atomic E-state index is 12.2. The van der Waals surface area contributed by atoms with E-state index in [-0.39, 0.29) is 18.1 Å². The zero-order chi connectivity index (χ0) is 15.4. The van der Waals surface area contributed by atoms with Crippen LogP contribution in [0.15, 0.2) is 0 Å². The van der Waals surface area contributed by atoms with Crippen LogP contribution in [0.2, 0.25) is 0 Å². The minimum atomic E-state index is -0.156. The van der Waals surface area contributed by atoms with Crippen molar-refractivity contribution in [2.75, 3.05) is 6.54 Å². The van der Waals surface area contributed by atoms with Crippen LogP contribution in [-0.4, -0.2) is 46.7 Å². The van der Waals surface area contributed by atoms with Gasteiger partial charge in [-0.15, -0.1) is 0 Å². The van der Waals surface area contributed by atoms with Gasteiger partial charge in [0.25, 0.3) is 0 Å². The molecule has 2 rings (SSSR count). The monoisotopic (exact) mass is 296 g/mol. The summed E-state index contributed by atoms with van der Waals surface area (Å²) < 4.78 is 0. The highest BCUT2D eigenvalue weighted by atomic mass is 16.3. The number of hydrogen-bond acceptors (Lipinski definition) is 3. The Morgan fingerprint density at radius 1 is 1.19 bits per heavy atom. The third kappa shape index (κ3) is 4.96. The second kappa shape index (κ2) is 7.59. The third-order valence-corrected chi connectivity index (χ3v) is 5.01. The lowest BCUT2D eigenvalue weighted by Crippen LogP contribution is -2.50. The summed E-state index contributed by atoms with van der Waals surface area (Å²) in [4.78, 5) is 14.5. The van der Waals surface area contributed by atoms with E-state index >= 15 is 0 Å². The van der Waals surface area contributed by atoms with Crippen molar-refractivity contribution in [2.24, 2.45) is 5.92 Å². The van der Waals surface area contributed by atoms with Crippen LogP contribution in [0.5, 0.6) is 0 Å². The van der Waals surface area contributed by atoms with Crippen molar-refractivity contribution in [3.63, 3.8) is 0 Å². The molecule has 2 N–H and O–H groups in total. The number of carbonyl (C=O) groups is 1. The topological polar surface area (TPSA) is 52.6 Å². The predicted octanol–water partition coefficient (Wildman–Crippen LogP) is 2.31. The van der Waals surface area contributed by atoms with Crippen LogP contribution in [0.25, 0.3) is 0 Å². The van der Waals surface area contributed by atoms with E-state index in [0.29, 0.717) is 18.6 Å². The highest BCUT2D eigenvalue weighted by Crippen LogP contribution is 2.35. The maximum Gasteiger partial charge on any atom is 0.234 e. The Morgan fingerprint density at radius 2 is 1.81 bits per heavy atom. The van der Waals surface area contributed by atoms with Gasteiger partial charge >= 0.3 is 0 Å². The molecule has 1 amide bonds. The number of carbonyl (C=O) groups excluding carboxylic acids is 1. The summed E-state index contributed by atoms with van der Waals surface area (Å²) in [5, 5.41) is 12.9. The molecule has 2 heterocycles. The van der Waals surface area contributed by atoms with Crippen LogP contribution in [0.1, 0.15) is 65.7 Å². The van der Waals surface area contributed by atoms with Gasteiger partial charge in [-0.2, -0.15) is 0 Å². The van der Waals surface area contributed by atoms with E-state index in [9.17, 15) is 9.90 Å². The third-order valence-electron chi connectivity index (χ3n) is 5.01. The summed E-state index contributed by atoms with van der Waals surface area (Å²) in [6.07, 6.45) is 7.28. The van der Waals surface area contributed by atoms with E-state index in [1.54, 1.807) is 0 Å². The summed E-state index contributed by atoms with van der Waals surface area (Å²) in [7, 11) is 0. The Labute approximate surface area is 129 Å². The summed E-state index contributed by atoms with van der Waals surface area (Å²) >= 11 is 0. The summed E-state index contributed by atoms with van der Waals surface area (Å²) in [5.41, 5.74) is 0. The first-order chi connectivity index (χ1) is 9.95. The van der Waals surface area contributed by atoms with Gasteiger partial charge < -0.3 is 10.4 Å². The molecule has 0 aromatic heterocycles.